The molecule has 52 heavy (non-hydrogen) atoms. The molecule has 0 fully saturated rings. The fourth-order valence-electron chi connectivity index (χ4n) is 6.80. The van der Waals surface area contributed by atoms with Crippen LogP contribution in [0.3, 0.4) is 0 Å². The molecule has 0 saturated heterocycles. The van der Waals surface area contributed by atoms with Crippen LogP contribution in [0, 0.1) is 0 Å². The third-order valence-electron chi connectivity index (χ3n) is 9.26. The Kier molecular flexibility index (Phi) is 8.16. The maximum absolute atomic E-state index is 6.59. The number of ether oxygens (including phenoxy) is 2. The Morgan fingerprint density at radius 2 is 0.558 bits per heavy atom. The summed E-state index contributed by atoms with van der Waals surface area (Å²) in [5.41, 5.74) is 10.8. The Labute approximate surface area is 304 Å². The molecule has 0 aromatic heterocycles. The van der Waals surface area contributed by atoms with Crippen LogP contribution in [-0.4, -0.2) is 0 Å². The highest BCUT2D eigenvalue weighted by Crippen LogP contribution is 2.50. The zero-order valence-electron chi connectivity index (χ0n) is 28.3. The normalized spacial score (nSPS) is 11.4. The first-order valence-electron chi connectivity index (χ1n) is 17.4. The largest absolute Gasteiger partial charge is 0.449 e. The van der Waals surface area contributed by atoms with Gasteiger partial charge in [0.25, 0.3) is 0 Å². The molecule has 0 radical (unpaired) electrons. The summed E-state index contributed by atoms with van der Waals surface area (Å²) in [7, 11) is 0. The van der Waals surface area contributed by atoms with Gasteiger partial charge in [0.05, 0.1) is 11.4 Å². The van der Waals surface area contributed by atoms with Gasteiger partial charge < -0.3 is 19.3 Å². The van der Waals surface area contributed by atoms with E-state index in [4.69, 9.17) is 9.47 Å². The maximum Gasteiger partial charge on any atom is 0.172 e. The Balaban J connectivity index is 1.06. The summed E-state index contributed by atoms with van der Waals surface area (Å²) < 4.78 is 13.2. The number of fused-ring (bicyclic) bond motifs is 2. The molecule has 1 aliphatic rings. The molecule has 8 aromatic carbocycles. The predicted octanol–water partition coefficient (Wildman–Crippen LogP) is 13.9. The van der Waals surface area contributed by atoms with E-state index in [9.17, 15) is 0 Å². The molecule has 4 heteroatoms. The van der Waals surface area contributed by atoms with E-state index >= 15 is 0 Å². The number of benzene rings is 8. The van der Waals surface area contributed by atoms with Crippen LogP contribution in [0.1, 0.15) is 0 Å². The number of anilines is 6. The van der Waals surface area contributed by atoms with Crippen LogP contribution < -0.4 is 19.3 Å². The summed E-state index contributed by atoms with van der Waals surface area (Å²) in [6.45, 7) is 0. The molecule has 9 rings (SSSR count). The number of para-hydroxylation sites is 2. The lowest BCUT2D eigenvalue weighted by molar-refractivity contribution is 0.360. The minimum atomic E-state index is 0.661. The molecule has 0 bridgehead atoms. The second-order valence-electron chi connectivity index (χ2n) is 12.6. The molecule has 0 amide bonds. The first-order valence-corrected chi connectivity index (χ1v) is 17.4. The summed E-state index contributed by atoms with van der Waals surface area (Å²) in [5.74, 6) is 2.65. The van der Waals surface area contributed by atoms with Crippen LogP contribution in [0.5, 0.6) is 23.0 Å². The van der Waals surface area contributed by atoms with Crippen molar-refractivity contribution in [1.29, 1.82) is 0 Å². The van der Waals surface area contributed by atoms with Crippen molar-refractivity contribution in [3.63, 3.8) is 0 Å². The fourth-order valence-corrected chi connectivity index (χ4v) is 6.80. The molecule has 1 aliphatic heterocycles. The molecular formula is C48H34N2O2. The number of hydrogen-bond acceptors (Lipinski definition) is 4. The molecule has 0 aliphatic carbocycles. The topological polar surface area (TPSA) is 24.9 Å². The Morgan fingerprint density at radius 3 is 0.962 bits per heavy atom. The minimum absolute atomic E-state index is 0.661. The predicted molar refractivity (Wildman–Crippen MR) is 213 cm³/mol. The van der Waals surface area contributed by atoms with Crippen molar-refractivity contribution in [3.05, 3.63) is 206 Å². The van der Waals surface area contributed by atoms with Crippen LogP contribution in [0.25, 0.3) is 22.3 Å². The second-order valence-corrected chi connectivity index (χ2v) is 12.6. The highest BCUT2D eigenvalue weighted by atomic mass is 16.6. The van der Waals surface area contributed by atoms with Crippen molar-refractivity contribution in [1.82, 2.24) is 0 Å². The van der Waals surface area contributed by atoms with Crippen molar-refractivity contribution in [2.24, 2.45) is 0 Å². The molecule has 4 nitrogen and oxygen atoms in total. The van der Waals surface area contributed by atoms with Crippen LogP contribution in [0.4, 0.5) is 34.1 Å². The number of hydrogen-bond donors (Lipinski definition) is 0. The molecule has 0 spiro atoms. The average molecular weight is 671 g/mol. The number of nitrogens with zero attached hydrogens (tertiary/aromatic N) is 2. The third-order valence-corrected chi connectivity index (χ3v) is 9.26. The highest BCUT2D eigenvalue weighted by Gasteiger charge is 2.24. The smallest absolute Gasteiger partial charge is 0.172 e. The van der Waals surface area contributed by atoms with E-state index in [1.165, 1.54) is 11.1 Å². The van der Waals surface area contributed by atoms with Gasteiger partial charge in [-0.3, -0.25) is 0 Å². The Hall–Kier alpha value is -7.04. The minimum Gasteiger partial charge on any atom is -0.449 e. The molecule has 8 aromatic rings. The molecule has 0 N–H and O–H groups in total. The zero-order chi connectivity index (χ0) is 34.7. The third kappa shape index (κ3) is 6.14. The van der Waals surface area contributed by atoms with Gasteiger partial charge in [0.1, 0.15) is 0 Å². The molecule has 0 unspecified atom stereocenters. The second kappa shape index (κ2) is 13.7. The van der Waals surface area contributed by atoms with Gasteiger partial charge in [-0.15, -0.1) is 0 Å². The standard InChI is InChI=1S/C48H34N2O2/c1-5-15-35(16-6-1)37-19-13-25-41(31-37)49(39-21-9-3-10-22-39)43-27-29-45-47(33-43)51-46-30-28-44(34-48(46)52-45)50(40-23-11-4-12-24-40)42-26-14-20-38(32-42)36-17-7-2-8-18-36/h1-34H. The van der Waals surface area contributed by atoms with Gasteiger partial charge >= 0.3 is 0 Å². The van der Waals surface area contributed by atoms with E-state index < -0.39 is 0 Å². The summed E-state index contributed by atoms with van der Waals surface area (Å²) >= 11 is 0. The molecule has 248 valence electrons. The first-order chi connectivity index (χ1) is 25.8. The lowest BCUT2D eigenvalue weighted by Crippen LogP contribution is -2.11. The van der Waals surface area contributed by atoms with Gasteiger partial charge in [0.15, 0.2) is 23.0 Å². The average Bonchev–Trinajstić information content (AvgIpc) is 3.22. The van der Waals surface area contributed by atoms with E-state index in [2.05, 4.69) is 180 Å². The fraction of sp³-hybridized carbons (Fsp3) is 0. The first kappa shape index (κ1) is 31.0. The van der Waals surface area contributed by atoms with Gasteiger partial charge in [-0.05, 0) is 95.1 Å². The van der Waals surface area contributed by atoms with Crippen LogP contribution in [-0.2, 0) is 0 Å². The van der Waals surface area contributed by atoms with E-state index in [0.717, 1.165) is 45.3 Å². The molecule has 0 atom stereocenters. The van der Waals surface area contributed by atoms with Crippen molar-refractivity contribution in [2.75, 3.05) is 9.80 Å². The summed E-state index contributed by atoms with van der Waals surface area (Å²) in [4.78, 5) is 4.49. The van der Waals surface area contributed by atoms with Crippen LogP contribution >= 0.6 is 0 Å². The van der Waals surface area contributed by atoms with Crippen molar-refractivity contribution in [3.8, 4) is 45.3 Å². The SMILES string of the molecule is c1ccc(-c2cccc(N(c3ccccc3)c3ccc4c(c3)Oc3ccc(N(c5ccccc5)c5cccc(-c6ccccc6)c5)cc3O4)c2)cc1. The van der Waals surface area contributed by atoms with Gasteiger partial charge in [0.2, 0.25) is 0 Å². The van der Waals surface area contributed by atoms with E-state index in [1.54, 1.807) is 0 Å². The number of rotatable bonds is 8. The summed E-state index contributed by atoms with van der Waals surface area (Å²) in [6, 6.07) is 71.3. The highest BCUT2D eigenvalue weighted by molar-refractivity contribution is 5.83. The van der Waals surface area contributed by atoms with Gasteiger partial charge in [-0.25, -0.2) is 0 Å². The van der Waals surface area contributed by atoms with Gasteiger partial charge in [-0.2, -0.15) is 0 Å². The van der Waals surface area contributed by atoms with Crippen molar-refractivity contribution >= 4 is 34.1 Å². The monoisotopic (exact) mass is 670 g/mol. The lowest BCUT2D eigenvalue weighted by atomic mass is 10.0. The van der Waals surface area contributed by atoms with E-state index in [1.807, 2.05) is 36.4 Å². The quantitative estimate of drug-likeness (QED) is 0.161. The van der Waals surface area contributed by atoms with Crippen molar-refractivity contribution < 1.29 is 9.47 Å². The van der Waals surface area contributed by atoms with Crippen LogP contribution in [0.15, 0.2) is 206 Å². The van der Waals surface area contributed by atoms with E-state index in [0.29, 0.717) is 23.0 Å². The van der Waals surface area contributed by atoms with Crippen LogP contribution in [0.2, 0.25) is 0 Å². The zero-order valence-corrected chi connectivity index (χ0v) is 28.3. The molecular weight excluding hydrogens is 637 g/mol. The lowest BCUT2D eigenvalue weighted by Gasteiger charge is -2.29. The summed E-state index contributed by atoms with van der Waals surface area (Å²) in [5, 5.41) is 0. The summed E-state index contributed by atoms with van der Waals surface area (Å²) in [6.07, 6.45) is 0. The Bertz CT molecular complexity index is 2290. The van der Waals surface area contributed by atoms with Crippen molar-refractivity contribution in [2.45, 2.75) is 0 Å². The Morgan fingerprint density at radius 1 is 0.231 bits per heavy atom. The van der Waals surface area contributed by atoms with Gasteiger partial charge in [0, 0.05) is 34.9 Å². The maximum atomic E-state index is 6.59. The molecule has 1 heterocycles. The van der Waals surface area contributed by atoms with E-state index in [-0.39, 0.29) is 0 Å². The molecule has 0 saturated carbocycles. The van der Waals surface area contributed by atoms with Gasteiger partial charge in [-0.1, -0.05) is 121 Å².